The van der Waals surface area contributed by atoms with Gasteiger partial charge in [0.25, 0.3) is 0 Å². The van der Waals surface area contributed by atoms with Crippen molar-refractivity contribution >= 4 is 38.6 Å². The summed E-state index contributed by atoms with van der Waals surface area (Å²) >= 11 is 1.32. The van der Waals surface area contributed by atoms with Crippen molar-refractivity contribution in [1.29, 1.82) is 0 Å². The van der Waals surface area contributed by atoms with Crippen LogP contribution in [0.1, 0.15) is 24.8 Å². The fraction of sp³-hybridized carbons (Fsp3) is 0.500. The second kappa shape index (κ2) is 8.52. The Balaban J connectivity index is 1.79. The molecule has 2 heterocycles. The Morgan fingerprint density at radius 2 is 2.11 bits per heavy atom. The number of ether oxygens (including phenoxy) is 1. The summed E-state index contributed by atoms with van der Waals surface area (Å²) in [5, 5.41) is 9.05. The Morgan fingerprint density at radius 1 is 1.32 bits per heavy atom. The van der Waals surface area contributed by atoms with Crippen molar-refractivity contribution in [1.82, 2.24) is 4.90 Å². The lowest BCUT2D eigenvalue weighted by atomic mass is 10.1. The quantitative estimate of drug-likeness (QED) is 0.699. The fourth-order valence-corrected chi connectivity index (χ4v) is 7.31. The second-order valence-corrected chi connectivity index (χ2v) is 10.2. The van der Waals surface area contributed by atoms with Crippen LogP contribution in [0.3, 0.4) is 0 Å². The lowest BCUT2D eigenvalue weighted by molar-refractivity contribution is -0.137. The average Bonchev–Trinajstić information content (AvgIpc) is 3.07. The van der Waals surface area contributed by atoms with Gasteiger partial charge >= 0.3 is 5.97 Å². The average molecular weight is 427 g/mol. The van der Waals surface area contributed by atoms with E-state index in [1.807, 2.05) is 29.2 Å². The predicted octanol–water partition coefficient (Wildman–Crippen LogP) is 1.55. The van der Waals surface area contributed by atoms with E-state index in [-0.39, 0.29) is 48.0 Å². The first-order chi connectivity index (χ1) is 13.3. The molecule has 8 nitrogen and oxygen atoms in total. The van der Waals surface area contributed by atoms with Crippen molar-refractivity contribution in [3.05, 3.63) is 29.8 Å². The van der Waals surface area contributed by atoms with E-state index >= 15 is 0 Å². The van der Waals surface area contributed by atoms with Gasteiger partial charge in [0.1, 0.15) is 5.75 Å². The van der Waals surface area contributed by atoms with Crippen LogP contribution >= 0.6 is 11.8 Å². The number of carboxylic acid groups (broad SMARTS) is 1. The number of rotatable bonds is 7. The molecule has 1 aromatic rings. The van der Waals surface area contributed by atoms with Gasteiger partial charge in [-0.05, 0) is 24.1 Å². The summed E-state index contributed by atoms with van der Waals surface area (Å²) in [4.78, 5) is 28.8. The highest BCUT2D eigenvalue weighted by Gasteiger charge is 2.48. The van der Waals surface area contributed by atoms with Crippen molar-refractivity contribution < 1.29 is 27.9 Å². The lowest BCUT2D eigenvalue weighted by Crippen LogP contribution is -2.37. The normalized spacial score (nSPS) is 24.3. The first-order valence-corrected chi connectivity index (χ1v) is 11.6. The van der Waals surface area contributed by atoms with Crippen molar-refractivity contribution in [3.63, 3.8) is 0 Å². The molecule has 1 N–H and O–H groups in total. The van der Waals surface area contributed by atoms with E-state index in [9.17, 15) is 18.0 Å². The van der Waals surface area contributed by atoms with Crippen LogP contribution in [0.4, 0.5) is 0 Å². The van der Waals surface area contributed by atoms with E-state index in [1.165, 1.54) is 11.8 Å². The molecule has 2 aliphatic rings. The van der Waals surface area contributed by atoms with Gasteiger partial charge in [-0.1, -0.05) is 23.9 Å². The van der Waals surface area contributed by atoms with E-state index in [4.69, 9.17) is 9.84 Å². The number of hydrogen-bond donors (Lipinski definition) is 1. The molecule has 0 spiro atoms. The van der Waals surface area contributed by atoms with E-state index < -0.39 is 15.8 Å². The van der Waals surface area contributed by atoms with E-state index in [0.717, 1.165) is 5.56 Å². The zero-order valence-electron chi connectivity index (χ0n) is 15.4. The molecule has 2 fully saturated rings. The van der Waals surface area contributed by atoms with Crippen LogP contribution in [0, 0.1) is 0 Å². The van der Waals surface area contributed by atoms with Crippen LogP contribution in [0.15, 0.2) is 29.3 Å². The molecule has 10 heteroatoms. The van der Waals surface area contributed by atoms with Crippen LogP contribution < -0.4 is 4.74 Å². The maximum Gasteiger partial charge on any atom is 0.303 e. The molecule has 0 saturated carbocycles. The molecule has 3 rings (SSSR count). The summed E-state index contributed by atoms with van der Waals surface area (Å²) in [6.07, 6.45) is 0.199. The molecule has 2 atom stereocenters. The number of aliphatic imine (C=N–C) groups is 1. The maximum absolute atomic E-state index is 12.2. The van der Waals surface area contributed by atoms with Gasteiger partial charge in [0.15, 0.2) is 15.0 Å². The van der Waals surface area contributed by atoms with Gasteiger partial charge in [0.05, 0.1) is 24.7 Å². The number of amides is 1. The first-order valence-electron chi connectivity index (χ1n) is 8.87. The highest BCUT2D eigenvalue weighted by atomic mass is 32.2. The molecule has 1 aromatic carbocycles. The third-order valence-corrected chi connectivity index (χ3v) is 7.91. The van der Waals surface area contributed by atoms with Gasteiger partial charge in [-0.2, -0.15) is 4.99 Å². The summed E-state index contributed by atoms with van der Waals surface area (Å²) in [6.45, 7) is 0.419. The number of amidine groups is 1. The molecule has 0 bridgehead atoms. The summed E-state index contributed by atoms with van der Waals surface area (Å²) in [5.74, 6) is -0.523. The minimum absolute atomic E-state index is 0.0425. The smallest absolute Gasteiger partial charge is 0.303 e. The highest BCUT2D eigenvalue weighted by molar-refractivity contribution is 8.15. The van der Waals surface area contributed by atoms with E-state index in [1.54, 1.807) is 7.11 Å². The topological polar surface area (TPSA) is 113 Å². The number of sulfone groups is 1. The minimum atomic E-state index is -3.11. The number of benzene rings is 1. The molecule has 0 aliphatic carbocycles. The summed E-state index contributed by atoms with van der Waals surface area (Å²) in [5.41, 5.74) is 0.927. The Morgan fingerprint density at radius 3 is 2.82 bits per heavy atom. The van der Waals surface area contributed by atoms with Crippen LogP contribution in [-0.4, -0.2) is 65.4 Å². The van der Waals surface area contributed by atoms with Crippen LogP contribution in [0.2, 0.25) is 0 Å². The van der Waals surface area contributed by atoms with Gasteiger partial charge in [0, 0.05) is 24.6 Å². The zero-order chi connectivity index (χ0) is 20.3. The Hall–Kier alpha value is -2.07. The lowest BCUT2D eigenvalue weighted by Gasteiger charge is -2.24. The molecular formula is C18H22N2O6S2. The van der Waals surface area contributed by atoms with E-state index in [0.29, 0.717) is 17.5 Å². The van der Waals surface area contributed by atoms with Gasteiger partial charge in [-0.25, -0.2) is 8.42 Å². The standard InChI is InChI=1S/C18H22N2O6S2/c1-26-13-5-2-4-12(8-13)9-20-14-10-28(24,25)11-15(14)27-18(20)19-16(21)6-3-7-17(22)23/h2,4-5,8,14-15H,3,6-7,9-11H2,1H3,(H,22,23)/t14-,15-/m0/s1. The summed E-state index contributed by atoms with van der Waals surface area (Å²) in [6, 6.07) is 7.23. The molecule has 2 saturated heterocycles. The molecule has 28 heavy (non-hydrogen) atoms. The summed E-state index contributed by atoms with van der Waals surface area (Å²) < 4.78 is 29.4. The van der Waals surface area contributed by atoms with Crippen molar-refractivity contribution in [2.75, 3.05) is 18.6 Å². The fourth-order valence-electron chi connectivity index (χ4n) is 3.34. The number of carbonyl (C=O) groups excluding carboxylic acids is 1. The van der Waals surface area contributed by atoms with Crippen LogP contribution in [-0.2, 0) is 26.0 Å². The van der Waals surface area contributed by atoms with Gasteiger partial charge in [0.2, 0.25) is 5.91 Å². The molecule has 152 valence electrons. The number of thioether (sulfide) groups is 1. The number of carbonyl (C=O) groups is 2. The monoisotopic (exact) mass is 426 g/mol. The molecule has 0 radical (unpaired) electrons. The highest BCUT2D eigenvalue weighted by Crippen LogP contribution is 2.39. The SMILES string of the molecule is COc1cccc(CN2C(=NC(=O)CCCC(=O)O)S[C@H]3CS(=O)(=O)C[C@@H]32)c1. The number of methoxy groups -OCH3 is 1. The Bertz CT molecular complexity index is 899. The van der Waals surface area contributed by atoms with Gasteiger partial charge < -0.3 is 14.7 Å². The van der Waals surface area contributed by atoms with Crippen molar-refractivity contribution in [2.24, 2.45) is 4.99 Å². The van der Waals surface area contributed by atoms with Gasteiger partial charge in [-0.3, -0.25) is 9.59 Å². The molecule has 0 unspecified atom stereocenters. The largest absolute Gasteiger partial charge is 0.497 e. The Kier molecular flexibility index (Phi) is 6.29. The van der Waals surface area contributed by atoms with Crippen molar-refractivity contribution in [3.8, 4) is 5.75 Å². The minimum Gasteiger partial charge on any atom is -0.497 e. The maximum atomic E-state index is 12.2. The second-order valence-electron chi connectivity index (χ2n) is 6.82. The third-order valence-electron chi connectivity index (χ3n) is 4.66. The third kappa shape index (κ3) is 5.05. The number of aliphatic carboxylic acids is 1. The molecule has 0 aromatic heterocycles. The number of fused-ring (bicyclic) bond motifs is 1. The van der Waals surface area contributed by atoms with Crippen LogP contribution in [0.5, 0.6) is 5.75 Å². The number of hydrogen-bond acceptors (Lipinski definition) is 6. The molecule has 2 aliphatic heterocycles. The zero-order valence-corrected chi connectivity index (χ0v) is 17.0. The van der Waals surface area contributed by atoms with Crippen LogP contribution in [0.25, 0.3) is 0 Å². The Labute approximate surface area is 167 Å². The van der Waals surface area contributed by atoms with E-state index in [2.05, 4.69) is 4.99 Å². The molecular weight excluding hydrogens is 404 g/mol. The first kappa shape index (κ1) is 20.7. The van der Waals surface area contributed by atoms with Crippen molar-refractivity contribution in [2.45, 2.75) is 37.1 Å². The molecule has 1 amide bonds. The number of carboxylic acids is 1. The number of nitrogens with zero attached hydrogens (tertiary/aromatic N) is 2. The summed E-state index contributed by atoms with van der Waals surface area (Å²) in [7, 11) is -1.54. The predicted molar refractivity (Wildman–Crippen MR) is 106 cm³/mol. The van der Waals surface area contributed by atoms with Gasteiger partial charge in [-0.15, -0.1) is 0 Å².